The van der Waals surface area contributed by atoms with Gasteiger partial charge in [0, 0.05) is 29.2 Å². The molecule has 0 fully saturated rings. The summed E-state index contributed by atoms with van der Waals surface area (Å²) in [6.45, 7) is 2.12. The molecule has 1 amide bonds. The number of benzene rings is 2. The van der Waals surface area contributed by atoms with Crippen molar-refractivity contribution in [2.24, 2.45) is 0 Å². The van der Waals surface area contributed by atoms with Crippen LogP contribution in [0.5, 0.6) is 0 Å². The van der Waals surface area contributed by atoms with Crippen LogP contribution in [0.4, 0.5) is 5.69 Å². The molecule has 3 nitrogen and oxygen atoms in total. The molecule has 2 aromatic carbocycles. The zero-order valence-electron chi connectivity index (χ0n) is 13.4. The Morgan fingerprint density at radius 3 is 2.65 bits per heavy atom. The standard InChI is InChI=1S/C20H22N2O/c1-2-15-10-12-17(13-11-15)22-20(23)9-5-6-16-14-21-19-8-4-3-7-18(16)19/h3-4,7-8,10-14,21H,2,5-6,9H2,1H3,(H,22,23). The smallest absolute Gasteiger partial charge is 0.224 e. The van der Waals surface area contributed by atoms with Gasteiger partial charge in [-0.05, 0) is 48.6 Å². The first-order valence-electron chi connectivity index (χ1n) is 8.20. The maximum absolute atomic E-state index is 12.0. The minimum atomic E-state index is 0.0779. The SMILES string of the molecule is CCc1ccc(NC(=O)CCCc2c[nH]c3ccccc23)cc1. The van der Waals surface area contributed by atoms with Crippen molar-refractivity contribution < 1.29 is 4.79 Å². The average Bonchev–Trinajstić information content (AvgIpc) is 2.99. The molecule has 118 valence electrons. The summed E-state index contributed by atoms with van der Waals surface area (Å²) in [7, 11) is 0. The van der Waals surface area contributed by atoms with Gasteiger partial charge in [-0.1, -0.05) is 37.3 Å². The number of hydrogen-bond donors (Lipinski definition) is 2. The summed E-state index contributed by atoms with van der Waals surface area (Å²) in [6, 6.07) is 16.3. The van der Waals surface area contributed by atoms with E-state index < -0.39 is 0 Å². The van der Waals surface area contributed by atoms with E-state index in [-0.39, 0.29) is 5.91 Å². The molecule has 3 aromatic rings. The molecule has 0 saturated heterocycles. The molecular weight excluding hydrogens is 284 g/mol. The second-order valence-electron chi connectivity index (χ2n) is 5.81. The number of aromatic nitrogens is 1. The van der Waals surface area contributed by atoms with Crippen molar-refractivity contribution in [1.29, 1.82) is 0 Å². The number of hydrogen-bond acceptors (Lipinski definition) is 1. The Hall–Kier alpha value is -2.55. The van der Waals surface area contributed by atoms with Crippen molar-refractivity contribution in [3.63, 3.8) is 0 Å². The van der Waals surface area contributed by atoms with E-state index in [9.17, 15) is 4.79 Å². The lowest BCUT2D eigenvalue weighted by atomic mass is 10.1. The maximum atomic E-state index is 12.0. The van der Waals surface area contributed by atoms with Gasteiger partial charge in [0.25, 0.3) is 0 Å². The van der Waals surface area contributed by atoms with Gasteiger partial charge >= 0.3 is 0 Å². The van der Waals surface area contributed by atoms with Gasteiger partial charge in [0.2, 0.25) is 5.91 Å². The van der Waals surface area contributed by atoms with Gasteiger partial charge in [0.1, 0.15) is 0 Å². The summed E-state index contributed by atoms with van der Waals surface area (Å²) in [5.41, 5.74) is 4.59. The predicted molar refractivity (Wildman–Crippen MR) is 95.7 cm³/mol. The fourth-order valence-electron chi connectivity index (χ4n) is 2.83. The summed E-state index contributed by atoms with van der Waals surface area (Å²) >= 11 is 0. The first kappa shape index (κ1) is 15.3. The van der Waals surface area contributed by atoms with Crippen LogP contribution in [0.3, 0.4) is 0 Å². The number of aromatic amines is 1. The zero-order valence-corrected chi connectivity index (χ0v) is 13.4. The summed E-state index contributed by atoms with van der Waals surface area (Å²) in [5, 5.41) is 4.22. The Morgan fingerprint density at radius 2 is 1.87 bits per heavy atom. The molecule has 0 aliphatic rings. The number of carbonyl (C=O) groups is 1. The topological polar surface area (TPSA) is 44.9 Å². The molecule has 0 aliphatic carbocycles. The van der Waals surface area contributed by atoms with Crippen LogP contribution < -0.4 is 5.32 Å². The highest BCUT2D eigenvalue weighted by Crippen LogP contribution is 2.19. The van der Waals surface area contributed by atoms with E-state index in [0.717, 1.165) is 30.5 Å². The third-order valence-electron chi connectivity index (χ3n) is 4.17. The van der Waals surface area contributed by atoms with Gasteiger partial charge < -0.3 is 10.3 Å². The molecule has 1 heterocycles. The lowest BCUT2D eigenvalue weighted by Crippen LogP contribution is -2.11. The quantitative estimate of drug-likeness (QED) is 0.681. The number of nitrogens with one attached hydrogen (secondary N) is 2. The van der Waals surface area contributed by atoms with E-state index >= 15 is 0 Å². The fourth-order valence-corrected chi connectivity index (χ4v) is 2.83. The van der Waals surface area contributed by atoms with Gasteiger partial charge in [-0.15, -0.1) is 0 Å². The molecule has 3 heteroatoms. The van der Waals surface area contributed by atoms with Crippen molar-refractivity contribution >= 4 is 22.5 Å². The molecule has 0 radical (unpaired) electrons. The maximum Gasteiger partial charge on any atom is 0.224 e. The largest absolute Gasteiger partial charge is 0.361 e. The van der Waals surface area contributed by atoms with Crippen LogP contribution in [0.2, 0.25) is 0 Å². The van der Waals surface area contributed by atoms with Crippen molar-refractivity contribution in [3.05, 3.63) is 65.9 Å². The Kier molecular flexibility index (Phi) is 4.77. The van der Waals surface area contributed by atoms with Crippen LogP contribution in [0, 0.1) is 0 Å². The lowest BCUT2D eigenvalue weighted by molar-refractivity contribution is -0.116. The molecule has 0 spiro atoms. The lowest BCUT2D eigenvalue weighted by Gasteiger charge is -2.06. The number of amides is 1. The third-order valence-corrected chi connectivity index (χ3v) is 4.17. The number of fused-ring (bicyclic) bond motifs is 1. The minimum absolute atomic E-state index is 0.0779. The molecule has 0 unspecified atom stereocenters. The molecular formula is C20H22N2O. The predicted octanol–water partition coefficient (Wildman–Crippen LogP) is 4.69. The van der Waals surface area contributed by atoms with Crippen LogP contribution in [-0.4, -0.2) is 10.9 Å². The van der Waals surface area contributed by atoms with Gasteiger partial charge in [-0.3, -0.25) is 4.79 Å². The van der Waals surface area contributed by atoms with Crippen LogP contribution in [0.25, 0.3) is 10.9 Å². The van der Waals surface area contributed by atoms with E-state index in [1.165, 1.54) is 16.5 Å². The highest BCUT2D eigenvalue weighted by molar-refractivity contribution is 5.90. The number of para-hydroxylation sites is 1. The van der Waals surface area contributed by atoms with Crippen molar-refractivity contribution in [3.8, 4) is 0 Å². The molecule has 0 saturated carbocycles. The Labute approximate surface area is 136 Å². The molecule has 0 atom stereocenters. The summed E-state index contributed by atoms with van der Waals surface area (Å²) in [5.74, 6) is 0.0779. The normalized spacial score (nSPS) is 10.8. The van der Waals surface area contributed by atoms with Crippen LogP contribution >= 0.6 is 0 Å². The van der Waals surface area contributed by atoms with Gasteiger partial charge in [-0.2, -0.15) is 0 Å². The number of anilines is 1. The second kappa shape index (κ2) is 7.14. The number of rotatable bonds is 6. The number of carbonyl (C=O) groups excluding carboxylic acids is 1. The molecule has 23 heavy (non-hydrogen) atoms. The molecule has 1 aromatic heterocycles. The molecule has 2 N–H and O–H groups in total. The van der Waals surface area contributed by atoms with Crippen molar-refractivity contribution in [2.75, 3.05) is 5.32 Å². The second-order valence-corrected chi connectivity index (χ2v) is 5.81. The van der Waals surface area contributed by atoms with Gasteiger partial charge in [-0.25, -0.2) is 0 Å². The van der Waals surface area contributed by atoms with E-state index in [1.807, 2.05) is 30.5 Å². The molecule has 0 bridgehead atoms. The Morgan fingerprint density at radius 1 is 1.09 bits per heavy atom. The van der Waals surface area contributed by atoms with Gasteiger partial charge in [0.05, 0.1) is 0 Å². The van der Waals surface area contributed by atoms with E-state index in [1.54, 1.807) is 0 Å². The average molecular weight is 306 g/mol. The van der Waals surface area contributed by atoms with E-state index in [0.29, 0.717) is 6.42 Å². The van der Waals surface area contributed by atoms with Crippen LogP contribution in [0.15, 0.2) is 54.7 Å². The van der Waals surface area contributed by atoms with Crippen LogP contribution in [0.1, 0.15) is 30.9 Å². The third kappa shape index (κ3) is 3.81. The summed E-state index contributed by atoms with van der Waals surface area (Å²) < 4.78 is 0. The highest BCUT2D eigenvalue weighted by atomic mass is 16.1. The van der Waals surface area contributed by atoms with E-state index in [2.05, 4.69) is 41.5 Å². The summed E-state index contributed by atoms with van der Waals surface area (Å²) in [6.07, 6.45) is 5.35. The molecule has 0 aliphatic heterocycles. The molecule has 3 rings (SSSR count). The van der Waals surface area contributed by atoms with Crippen molar-refractivity contribution in [1.82, 2.24) is 4.98 Å². The van der Waals surface area contributed by atoms with Crippen LogP contribution in [-0.2, 0) is 17.6 Å². The summed E-state index contributed by atoms with van der Waals surface area (Å²) in [4.78, 5) is 15.3. The van der Waals surface area contributed by atoms with Gasteiger partial charge in [0.15, 0.2) is 0 Å². The number of aryl methyl sites for hydroxylation is 2. The monoisotopic (exact) mass is 306 g/mol. The zero-order chi connectivity index (χ0) is 16.1. The first-order chi connectivity index (χ1) is 11.3. The highest BCUT2D eigenvalue weighted by Gasteiger charge is 2.06. The number of H-pyrrole nitrogens is 1. The fraction of sp³-hybridized carbons (Fsp3) is 0.250. The Bertz CT molecular complexity index is 787. The Balaban J connectivity index is 1.51. The van der Waals surface area contributed by atoms with Crippen molar-refractivity contribution in [2.45, 2.75) is 32.6 Å². The minimum Gasteiger partial charge on any atom is -0.361 e. The van der Waals surface area contributed by atoms with E-state index in [4.69, 9.17) is 0 Å². The first-order valence-corrected chi connectivity index (χ1v) is 8.20.